The van der Waals surface area contributed by atoms with Crippen molar-refractivity contribution < 1.29 is 13.9 Å². The van der Waals surface area contributed by atoms with Gasteiger partial charge in [0.15, 0.2) is 0 Å². The summed E-state index contributed by atoms with van der Waals surface area (Å²) in [5.74, 6) is 0.838. The van der Waals surface area contributed by atoms with Crippen LogP contribution in [0.1, 0.15) is 21.9 Å². The third kappa shape index (κ3) is 2.70. The van der Waals surface area contributed by atoms with Crippen molar-refractivity contribution in [1.29, 1.82) is 0 Å². The summed E-state index contributed by atoms with van der Waals surface area (Å²) in [5, 5.41) is 3.27. The molecule has 1 aromatic carbocycles. The standard InChI is InChI=1S/C14H13N3O3Se/c1-8-10(14(18)19-2)6-9(20-8)7-15-11-4-3-5-12-13(11)17-21-16-12/h3-6,15H,7H2,1-2H3. The van der Waals surface area contributed by atoms with Crippen LogP contribution in [-0.2, 0) is 11.3 Å². The van der Waals surface area contributed by atoms with Crippen molar-refractivity contribution >= 4 is 37.7 Å². The van der Waals surface area contributed by atoms with Crippen LogP contribution in [0.3, 0.4) is 0 Å². The SMILES string of the molecule is COC(=O)c1cc(CNc2cccc3n[se]nc23)oc1C. The van der Waals surface area contributed by atoms with E-state index in [2.05, 4.69) is 13.3 Å². The Kier molecular flexibility index (Phi) is 3.77. The summed E-state index contributed by atoms with van der Waals surface area (Å²) >= 11 is -0.0561. The number of esters is 1. The van der Waals surface area contributed by atoms with Gasteiger partial charge < -0.3 is 0 Å². The van der Waals surface area contributed by atoms with Crippen LogP contribution in [0.2, 0.25) is 0 Å². The van der Waals surface area contributed by atoms with Crippen molar-refractivity contribution in [3.63, 3.8) is 0 Å². The van der Waals surface area contributed by atoms with Gasteiger partial charge in [0.2, 0.25) is 0 Å². The van der Waals surface area contributed by atoms with E-state index >= 15 is 0 Å². The van der Waals surface area contributed by atoms with Gasteiger partial charge in [0.25, 0.3) is 0 Å². The molecule has 2 aromatic heterocycles. The first-order chi connectivity index (χ1) is 10.2. The summed E-state index contributed by atoms with van der Waals surface area (Å²) in [6.07, 6.45) is 0. The van der Waals surface area contributed by atoms with Crippen molar-refractivity contribution in [2.75, 3.05) is 12.4 Å². The first kappa shape index (κ1) is 13.9. The first-order valence-electron chi connectivity index (χ1n) is 6.32. The number of anilines is 1. The molecule has 0 saturated heterocycles. The molecule has 0 bridgehead atoms. The van der Waals surface area contributed by atoms with Crippen LogP contribution in [0.4, 0.5) is 5.69 Å². The van der Waals surface area contributed by atoms with Gasteiger partial charge in [0, 0.05) is 0 Å². The monoisotopic (exact) mass is 351 g/mol. The van der Waals surface area contributed by atoms with Crippen molar-refractivity contribution in [3.8, 4) is 0 Å². The fraction of sp³-hybridized carbons (Fsp3) is 0.214. The molecule has 0 unspecified atom stereocenters. The second kappa shape index (κ2) is 5.71. The molecule has 2 heterocycles. The van der Waals surface area contributed by atoms with E-state index in [-0.39, 0.29) is 20.9 Å². The number of hydrogen-bond acceptors (Lipinski definition) is 6. The molecule has 0 aliphatic carbocycles. The Morgan fingerprint density at radius 2 is 2.29 bits per heavy atom. The Bertz CT molecular complexity index is 794. The molecular weight excluding hydrogens is 337 g/mol. The van der Waals surface area contributed by atoms with E-state index in [0.29, 0.717) is 23.6 Å². The van der Waals surface area contributed by atoms with Crippen LogP contribution in [0, 0.1) is 6.92 Å². The van der Waals surface area contributed by atoms with Crippen LogP contribution in [0.25, 0.3) is 11.0 Å². The van der Waals surface area contributed by atoms with Gasteiger partial charge in [-0.1, -0.05) is 0 Å². The minimum absolute atomic E-state index is 0.0561. The number of fused-ring (bicyclic) bond motifs is 1. The predicted octanol–water partition coefficient (Wildman–Crippen LogP) is 1.99. The van der Waals surface area contributed by atoms with Crippen molar-refractivity contribution in [3.05, 3.63) is 41.3 Å². The molecular formula is C14H13N3O3Se. The van der Waals surface area contributed by atoms with E-state index in [9.17, 15) is 4.79 Å². The Morgan fingerprint density at radius 3 is 3.10 bits per heavy atom. The number of nitrogens with zero attached hydrogens (tertiary/aromatic N) is 2. The average Bonchev–Trinajstić information content (AvgIpc) is 3.10. The number of benzene rings is 1. The summed E-state index contributed by atoms with van der Waals surface area (Å²) in [7, 11) is 1.35. The number of carbonyl (C=O) groups is 1. The van der Waals surface area contributed by atoms with Gasteiger partial charge in [-0.2, -0.15) is 0 Å². The van der Waals surface area contributed by atoms with Crippen molar-refractivity contribution in [2.45, 2.75) is 13.5 Å². The quantitative estimate of drug-likeness (QED) is 0.573. The molecule has 21 heavy (non-hydrogen) atoms. The van der Waals surface area contributed by atoms with Crippen LogP contribution >= 0.6 is 0 Å². The Labute approximate surface area is 127 Å². The second-order valence-corrected chi connectivity index (χ2v) is 5.57. The third-order valence-corrected chi connectivity index (χ3v) is 4.25. The van der Waals surface area contributed by atoms with E-state index in [1.54, 1.807) is 13.0 Å². The predicted molar refractivity (Wildman–Crippen MR) is 78.6 cm³/mol. The fourth-order valence-corrected chi connectivity index (χ4v) is 3.23. The number of aryl methyl sites for hydroxylation is 1. The average molecular weight is 350 g/mol. The van der Waals surface area contributed by atoms with Gasteiger partial charge in [0.1, 0.15) is 0 Å². The zero-order valence-corrected chi connectivity index (χ0v) is 13.3. The number of aromatic nitrogens is 2. The van der Waals surface area contributed by atoms with Gasteiger partial charge in [0.05, 0.1) is 0 Å². The van der Waals surface area contributed by atoms with Crippen LogP contribution in [0.15, 0.2) is 28.7 Å². The molecule has 7 heteroatoms. The molecule has 0 aliphatic heterocycles. The van der Waals surface area contributed by atoms with Gasteiger partial charge in [-0.3, -0.25) is 0 Å². The summed E-state index contributed by atoms with van der Waals surface area (Å²) in [5.41, 5.74) is 3.19. The number of nitrogens with one attached hydrogen (secondary N) is 1. The molecule has 6 nitrogen and oxygen atoms in total. The van der Waals surface area contributed by atoms with Gasteiger partial charge in [-0.05, 0) is 0 Å². The molecule has 0 spiro atoms. The van der Waals surface area contributed by atoms with E-state index < -0.39 is 0 Å². The minimum atomic E-state index is -0.389. The molecule has 1 N–H and O–H groups in total. The molecule has 3 rings (SSSR count). The van der Waals surface area contributed by atoms with E-state index in [4.69, 9.17) is 9.15 Å². The molecule has 0 saturated carbocycles. The van der Waals surface area contributed by atoms with E-state index in [1.807, 2.05) is 18.2 Å². The number of methoxy groups -OCH3 is 1. The molecule has 0 atom stereocenters. The van der Waals surface area contributed by atoms with Gasteiger partial charge >= 0.3 is 127 Å². The summed E-state index contributed by atoms with van der Waals surface area (Å²) in [6, 6.07) is 7.54. The topological polar surface area (TPSA) is 77.2 Å². The van der Waals surface area contributed by atoms with Crippen LogP contribution in [0.5, 0.6) is 0 Å². The number of rotatable bonds is 4. The Hall–Kier alpha value is -2.11. The molecule has 0 aliphatic rings. The number of hydrogen-bond donors (Lipinski definition) is 1. The van der Waals surface area contributed by atoms with E-state index in [0.717, 1.165) is 16.7 Å². The molecule has 108 valence electrons. The fourth-order valence-electron chi connectivity index (χ4n) is 2.07. The Morgan fingerprint density at radius 1 is 1.43 bits per heavy atom. The summed E-state index contributed by atoms with van der Waals surface area (Å²) in [4.78, 5) is 11.5. The molecule has 0 fully saturated rings. The van der Waals surface area contributed by atoms with Gasteiger partial charge in [-0.25, -0.2) is 0 Å². The summed E-state index contributed by atoms with van der Waals surface area (Å²) in [6.45, 7) is 2.21. The third-order valence-electron chi connectivity index (χ3n) is 3.11. The number of carbonyl (C=O) groups excluding carboxylic acids is 1. The number of furan rings is 1. The zero-order chi connectivity index (χ0) is 14.8. The molecule has 0 radical (unpaired) electrons. The first-order valence-corrected chi connectivity index (χ1v) is 7.85. The van der Waals surface area contributed by atoms with E-state index in [1.165, 1.54) is 7.11 Å². The normalized spacial score (nSPS) is 10.8. The van der Waals surface area contributed by atoms with Crippen molar-refractivity contribution in [1.82, 2.24) is 7.96 Å². The zero-order valence-electron chi connectivity index (χ0n) is 11.5. The molecule has 0 amide bonds. The summed E-state index contributed by atoms with van der Waals surface area (Å²) < 4.78 is 19.0. The van der Waals surface area contributed by atoms with Crippen molar-refractivity contribution in [2.24, 2.45) is 0 Å². The number of ether oxygens (including phenoxy) is 1. The van der Waals surface area contributed by atoms with Crippen LogP contribution in [-0.4, -0.2) is 36.0 Å². The maximum atomic E-state index is 11.5. The maximum absolute atomic E-state index is 11.5. The Balaban J connectivity index is 1.79. The van der Waals surface area contributed by atoms with Crippen LogP contribution < -0.4 is 5.32 Å². The van der Waals surface area contributed by atoms with Gasteiger partial charge in [-0.15, -0.1) is 0 Å². The second-order valence-electron chi connectivity index (χ2n) is 4.47. The molecule has 3 aromatic rings.